The molecule has 4 heteroatoms. The summed E-state index contributed by atoms with van der Waals surface area (Å²) in [7, 11) is 0. The van der Waals surface area contributed by atoms with Crippen molar-refractivity contribution in [3.8, 4) is 33.4 Å². The number of fused-ring (bicyclic) bond motifs is 3. The quantitative estimate of drug-likeness (QED) is 0.138. The summed E-state index contributed by atoms with van der Waals surface area (Å²) < 4.78 is 0. The summed E-state index contributed by atoms with van der Waals surface area (Å²) in [6.07, 6.45) is 3.29. The van der Waals surface area contributed by atoms with Crippen LogP contribution in [0.4, 0.5) is 0 Å². The number of aliphatic imine (C=N–C) groups is 2. The molecule has 1 aliphatic carbocycles. The predicted molar refractivity (Wildman–Crippen MR) is 196 cm³/mol. The molecule has 0 bridgehead atoms. The summed E-state index contributed by atoms with van der Waals surface area (Å²) in [6, 6.07) is 45.0. The highest BCUT2D eigenvalue weighted by Crippen LogP contribution is 2.50. The Morgan fingerprint density at radius 3 is 2.11 bits per heavy atom. The number of nitrogens with zero attached hydrogens (tertiary/aromatic N) is 3. The van der Waals surface area contributed by atoms with Crippen molar-refractivity contribution < 1.29 is 0 Å². The van der Waals surface area contributed by atoms with Crippen molar-refractivity contribution >= 4 is 12.6 Å². The number of benzene rings is 5. The first kappa shape index (κ1) is 30.1. The molecule has 4 nitrogen and oxygen atoms in total. The summed E-state index contributed by atoms with van der Waals surface area (Å²) in [5, 5.41) is 3.64. The minimum absolute atomic E-state index is 0.0942. The Morgan fingerprint density at radius 1 is 0.723 bits per heavy atom. The highest BCUT2D eigenvalue weighted by molar-refractivity contribution is 5.99. The molecule has 0 spiro atoms. The van der Waals surface area contributed by atoms with E-state index in [9.17, 15) is 0 Å². The highest BCUT2D eigenvalue weighted by Gasteiger charge is 2.35. The molecule has 1 heterocycles. The van der Waals surface area contributed by atoms with E-state index in [0.717, 1.165) is 44.8 Å². The summed E-state index contributed by atoms with van der Waals surface area (Å²) in [6.45, 7) is 11.4. The maximum atomic E-state index is 5.03. The van der Waals surface area contributed by atoms with Gasteiger partial charge in [0.25, 0.3) is 0 Å². The molecule has 1 aromatic heterocycles. The molecule has 0 amide bonds. The van der Waals surface area contributed by atoms with E-state index in [1.165, 1.54) is 27.8 Å². The second kappa shape index (κ2) is 12.6. The molecule has 0 radical (unpaired) electrons. The van der Waals surface area contributed by atoms with Crippen LogP contribution < -0.4 is 5.32 Å². The van der Waals surface area contributed by atoms with Crippen LogP contribution in [0.5, 0.6) is 0 Å². The lowest BCUT2D eigenvalue weighted by atomic mass is 9.81. The third-order valence-electron chi connectivity index (χ3n) is 9.20. The van der Waals surface area contributed by atoms with Gasteiger partial charge in [0.15, 0.2) is 0 Å². The topological polar surface area (TPSA) is 49.6 Å². The van der Waals surface area contributed by atoms with Gasteiger partial charge >= 0.3 is 0 Å². The molecular formula is C43H38N4. The van der Waals surface area contributed by atoms with Crippen molar-refractivity contribution in [2.24, 2.45) is 9.98 Å². The Hall–Kier alpha value is -5.61. The highest BCUT2D eigenvalue weighted by atomic mass is 15.1. The van der Waals surface area contributed by atoms with Gasteiger partial charge in [-0.1, -0.05) is 116 Å². The minimum Gasteiger partial charge on any atom is -0.345 e. The van der Waals surface area contributed by atoms with E-state index < -0.39 is 6.17 Å². The van der Waals surface area contributed by atoms with Gasteiger partial charge in [-0.05, 0) is 94.0 Å². The second-order valence-electron chi connectivity index (χ2n) is 12.8. The van der Waals surface area contributed by atoms with Gasteiger partial charge in [0.1, 0.15) is 12.0 Å². The third kappa shape index (κ3) is 6.03. The summed E-state index contributed by atoms with van der Waals surface area (Å²) in [4.78, 5) is 14.1. The molecule has 0 saturated carbocycles. The number of hydrogen-bond donors (Lipinski definition) is 1. The first-order valence-corrected chi connectivity index (χ1v) is 16.1. The number of aryl methyl sites for hydroxylation is 1. The number of amidine groups is 1. The van der Waals surface area contributed by atoms with Gasteiger partial charge < -0.3 is 5.32 Å². The first-order valence-electron chi connectivity index (χ1n) is 16.1. The fraction of sp³-hybridized carbons (Fsp3) is 0.140. The molecule has 5 aromatic carbocycles. The Labute approximate surface area is 277 Å². The van der Waals surface area contributed by atoms with E-state index in [1.807, 2.05) is 48.7 Å². The number of aromatic nitrogens is 1. The van der Waals surface area contributed by atoms with Crippen molar-refractivity contribution in [2.45, 2.75) is 38.9 Å². The molecule has 6 aromatic rings. The van der Waals surface area contributed by atoms with Crippen molar-refractivity contribution in [1.29, 1.82) is 0 Å². The van der Waals surface area contributed by atoms with Crippen LogP contribution in [0.3, 0.4) is 0 Å². The average molecular weight is 611 g/mol. The SMILES string of the molecule is C=NC(N/C(=N\Cc1ccccc1)c1ccccc1)c1cc(-c2cccnc2)cc(-c2ccc3c(c2)C(C)(C)c2cc(C)ccc2-3)c1. The van der Waals surface area contributed by atoms with E-state index in [2.05, 4.69) is 128 Å². The smallest absolute Gasteiger partial charge is 0.145 e. The lowest BCUT2D eigenvalue weighted by molar-refractivity contribution is 0.660. The van der Waals surface area contributed by atoms with Crippen LogP contribution in [0.2, 0.25) is 0 Å². The molecule has 1 N–H and O–H groups in total. The fourth-order valence-corrected chi connectivity index (χ4v) is 6.64. The van der Waals surface area contributed by atoms with Crippen LogP contribution in [0.1, 0.15) is 53.4 Å². The van der Waals surface area contributed by atoms with Crippen LogP contribution in [0, 0.1) is 6.92 Å². The summed E-state index contributed by atoms with van der Waals surface area (Å²) >= 11 is 0. The molecule has 1 aliphatic rings. The second-order valence-corrected chi connectivity index (χ2v) is 12.8. The molecule has 47 heavy (non-hydrogen) atoms. The van der Waals surface area contributed by atoms with Crippen molar-refractivity contribution in [1.82, 2.24) is 10.3 Å². The zero-order valence-electron chi connectivity index (χ0n) is 27.1. The van der Waals surface area contributed by atoms with Gasteiger partial charge in [-0.2, -0.15) is 0 Å². The predicted octanol–water partition coefficient (Wildman–Crippen LogP) is 9.97. The Balaban J connectivity index is 1.31. The van der Waals surface area contributed by atoms with Gasteiger partial charge in [-0.3, -0.25) is 15.0 Å². The normalized spacial score (nSPS) is 13.8. The lowest BCUT2D eigenvalue weighted by Gasteiger charge is -2.23. The fourth-order valence-electron chi connectivity index (χ4n) is 6.64. The molecule has 0 fully saturated rings. The maximum absolute atomic E-state index is 5.03. The number of nitrogens with one attached hydrogen (secondary N) is 1. The molecular weight excluding hydrogens is 573 g/mol. The van der Waals surface area contributed by atoms with Gasteiger partial charge in [-0.25, -0.2) is 0 Å². The van der Waals surface area contributed by atoms with Crippen LogP contribution in [-0.2, 0) is 12.0 Å². The standard InChI is InChI=1S/C43H38N4/c1-29-17-19-37-38-20-18-32(26-40(38)43(2,3)39(37)22-29)34-23-35(33-16-11-21-45-28-33)25-36(24-34)41(44-4)47-42(31-14-9-6-10-15-31)46-27-30-12-7-5-8-13-30/h5-26,28,41H,4,27H2,1-3H3,(H,46,47). The monoisotopic (exact) mass is 610 g/mol. The largest absolute Gasteiger partial charge is 0.345 e. The van der Waals surface area contributed by atoms with Crippen molar-refractivity contribution in [3.05, 3.63) is 173 Å². The number of pyridine rings is 1. The average Bonchev–Trinajstić information content (AvgIpc) is 3.34. The molecule has 230 valence electrons. The van der Waals surface area contributed by atoms with Gasteiger partial charge in [0.2, 0.25) is 0 Å². The van der Waals surface area contributed by atoms with Gasteiger partial charge in [0.05, 0.1) is 6.54 Å². The van der Waals surface area contributed by atoms with E-state index in [0.29, 0.717) is 6.54 Å². The van der Waals surface area contributed by atoms with Gasteiger partial charge in [0, 0.05) is 28.9 Å². The van der Waals surface area contributed by atoms with E-state index in [-0.39, 0.29) is 5.41 Å². The Morgan fingerprint density at radius 2 is 1.40 bits per heavy atom. The Bertz CT molecular complexity index is 2080. The molecule has 1 atom stereocenters. The van der Waals surface area contributed by atoms with E-state index in [1.54, 1.807) is 6.20 Å². The minimum atomic E-state index is -0.432. The van der Waals surface area contributed by atoms with E-state index >= 15 is 0 Å². The molecule has 0 aliphatic heterocycles. The number of hydrogen-bond acceptors (Lipinski definition) is 3. The van der Waals surface area contributed by atoms with Crippen molar-refractivity contribution in [2.75, 3.05) is 0 Å². The third-order valence-corrected chi connectivity index (χ3v) is 9.20. The number of rotatable bonds is 8. The Kier molecular flexibility index (Phi) is 8.09. The molecule has 7 rings (SSSR count). The summed E-state index contributed by atoms with van der Waals surface area (Å²) in [5.41, 5.74) is 14.1. The zero-order chi connectivity index (χ0) is 32.4. The van der Waals surface area contributed by atoms with Crippen LogP contribution >= 0.6 is 0 Å². The molecule has 0 saturated heterocycles. The maximum Gasteiger partial charge on any atom is 0.145 e. The van der Waals surface area contributed by atoms with Crippen LogP contribution in [0.15, 0.2) is 150 Å². The lowest BCUT2D eigenvalue weighted by Crippen LogP contribution is -2.28. The molecule has 1 unspecified atom stereocenters. The van der Waals surface area contributed by atoms with Crippen LogP contribution in [-0.4, -0.2) is 17.5 Å². The van der Waals surface area contributed by atoms with Gasteiger partial charge in [-0.15, -0.1) is 0 Å². The van der Waals surface area contributed by atoms with Crippen molar-refractivity contribution in [3.63, 3.8) is 0 Å². The zero-order valence-corrected chi connectivity index (χ0v) is 27.1. The first-order chi connectivity index (χ1) is 22.9. The van der Waals surface area contributed by atoms with Crippen LogP contribution in [0.25, 0.3) is 33.4 Å². The summed E-state index contributed by atoms with van der Waals surface area (Å²) in [5.74, 6) is 0.771. The van der Waals surface area contributed by atoms with E-state index in [4.69, 9.17) is 4.99 Å².